The molecule has 0 aliphatic carbocycles. The molecule has 3 rings (SSSR count). The first-order chi connectivity index (χ1) is 20.1. The molecule has 0 saturated heterocycles. The van der Waals surface area contributed by atoms with Crippen molar-refractivity contribution in [3.05, 3.63) is 65.1 Å². The molecule has 0 atom stereocenters. The van der Waals surface area contributed by atoms with Crippen LogP contribution in [0.2, 0.25) is 0 Å². The fourth-order valence-corrected chi connectivity index (χ4v) is 3.89. The molecule has 1 aromatic carbocycles. The third-order valence-electron chi connectivity index (χ3n) is 5.98. The van der Waals surface area contributed by atoms with E-state index in [1.165, 1.54) is 23.1 Å². The van der Waals surface area contributed by atoms with Crippen molar-refractivity contribution in [1.29, 1.82) is 0 Å². The number of hydrogen-bond donors (Lipinski definition) is 3. The number of carboxylic acid groups (broad SMARTS) is 1. The molecule has 3 aromatic rings. The van der Waals surface area contributed by atoms with Crippen molar-refractivity contribution in [3.8, 4) is 0 Å². The number of aryl methyl sites for hydroxylation is 2. The molecule has 0 saturated carbocycles. The van der Waals surface area contributed by atoms with Crippen molar-refractivity contribution >= 4 is 46.9 Å². The van der Waals surface area contributed by atoms with Crippen LogP contribution in [-0.4, -0.2) is 69.4 Å². The van der Waals surface area contributed by atoms with Crippen LogP contribution in [0.5, 0.6) is 0 Å². The van der Waals surface area contributed by atoms with Gasteiger partial charge in [0.05, 0.1) is 11.3 Å². The molecule has 0 aliphatic heterocycles. The quantitative estimate of drug-likeness (QED) is 0.164. The zero-order valence-electron chi connectivity index (χ0n) is 23.7. The molecule has 0 fully saturated rings. The number of carboxylic acids is 1. The Morgan fingerprint density at radius 1 is 1.00 bits per heavy atom. The van der Waals surface area contributed by atoms with Crippen LogP contribution in [0.4, 0.5) is 16.3 Å². The molecule has 2 heterocycles. The molecular formula is C28H32N6O8. The average molecular weight is 581 g/mol. The molecule has 0 spiro atoms. The van der Waals surface area contributed by atoms with E-state index < -0.39 is 24.8 Å². The van der Waals surface area contributed by atoms with Crippen molar-refractivity contribution in [2.24, 2.45) is 0 Å². The number of nitrogens with one attached hydrogen (secondary N) is 2. The van der Waals surface area contributed by atoms with Crippen molar-refractivity contribution in [2.45, 2.75) is 40.5 Å². The molecule has 222 valence electrons. The summed E-state index contributed by atoms with van der Waals surface area (Å²) < 4.78 is 11.4. The summed E-state index contributed by atoms with van der Waals surface area (Å²) in [5, 5.41) is 18.5. The van der Waals surface area contributed by atoms with E-state index in [2.05, 4.69) is 20.7 Å². The van der Waals surface area contributed by atoms with Gasteiger partial charge in [0.25, 0.3) is 11.8 Å². The summed E-state index contributed by atoms with van der Waals surface area (Å²) in [6, 6.07) is 4.76. The molecule has 0 aliphatic rings. The van der Waals surface area contributed by atoms with E-state index in [0.717, 1.165) is 17.7 Å². The minimum Gasteiger partial charge on any atom is -0.478 e. The van der Waals surface area contributed by atoms with Crippen molar-refractivity contribution in [3.63, 3.8) is 0 Å². The van der Waals surface area contributed by atoms with Crippen molar-refractivity contribution in [2.75, 3.05) is 24.8 Å². The monoisotopic (exact) mass is 580 g/mol. The molecule has 14 nitrogen and oxygen atoms in total. The largest absolute Gasteiger partial charge is 0.478 e. The minimum atomic E-state index is -1.36. The maximum atomic E-state index is 13.6. The van der Waals surface area contributed by atoms with E-state index in [-0.39, 0.29) is 28.9 Å². The minimum absolute atomic E-state index is 0.0355. The van der Waals surface area contributed by atoms with E-state index in [9.17, 15) is 24.0 Å². The molecule has 0 radical (unpaired) electrons. The molecular weight excluding hydrogens is 548 g/mol. The Morgan fingerprint density at radius 2 is 1.69 bits per heavy atom. The Kier molecular flexibility index (Phi) is 10.7. The Balaban J connectivity index is 2.10. The number of esters is 1. The lowest BCUT2D eigenvalue weighted by molar-refractivity contribution is -0.146. The molecule has 0 unspecified atom stereocenters. The summed E-state index contributed by atoms with van der Waals surface area (Å²) in [6.07, 6.45) is 4.39. The standard InChI is InChI=1S/C28H32N6O8/c1-5-11-29-26(38)19-8-7-17(3)21(13-19)34(28(40)42-16-41-23(37)10-9-22(35)36)25-24-18(4)20(27(39)30-12-6-2)14-33(24)32-15-31-25/h7-10,13-15H,5-6,11-12,16H2,1-4H3,(H,29,38)(H,30,39)(H,35,36)/b10-9+. The number of amides is 3. The number of rotatable bonds is 12. The maximum absolute atomic E-state index is 13.6. The van der Waals surface area contributed by atoms with Gasteiger partial charge >= 0.3 is 18.0 Å². The fraction of sp³-hybridized carbons (Fsp3) is 0.321. The Bertz CT molecular complexity index is 1530. The van der Waals surface area contributed by atoms with Crippen LogP contribution >= 0.6 is 0 Å². The third kappa shape index (κ3) is 7.47. The Labute approximate surface area is 241 Å². The maximum Gasteiger partial charge on any atom is 0.423 e. The molecule has 2 aromatic heterocycles. The lowest BCUT2D eigenvalue weighted by Crippen LogP contribution is -2.31. The number of ether oxygens (including phenoxy) is 2. The molecule has 3 amide bonds. The van der Waals surface area contributed by atoms with Gasteiger partial charge in [0.1, 0.15) is 11.8 Å². The Hall–Kier alpha value is -5.27. The van der Waals surface area contributed by atoms with Crippen molar-refractivity contribution in [1.82, 2.24) is 25.2 Å². The van der Waals surface area contributed by atoms with Gasteiger partial charge in [-0.3, -0.25) is 9.59 Å². The second-order valence-electron chi connectivity index (χ2n) is 9.06. The first-order valence-corrected chi connectivity index (χ1v) is 13.1. The van der Waals surface area contributed by atoms with Gasteiger partial charge < -0.3 is 25.2 Å². The van der Waals surface area contributed by atoms with E-state index in [0.29, 0.717) is 47.4 Å². The van der Waals surface area contributed by atoms with E-state index >= 15 is 0 Å². The summed E-state index contributed by atoms with van der Waals surface area (Å²) >= 11 is 0. The van der Waals surface area contributed by atoms with Gasteiger partial charge in [-0.1, -0.05) is 19.9 Å². The molecule has 14 heteroatoms. The van der Waals surface area contributed by atoms with Crippen LogP contribution < -0.4 is 15.5 Å². The van der Waals surface area contributed by atoms with Crippen LogP contribution in [0.1, 0.15) is 58.5 Å². The summed E-state index contributed by atoms with van der Waals surface area (Å²) in [4.78, 5) is 67.0. The summed E-state index contributed by atoms with van der Waals surface area (Å²) in [5.41, 5.74) is 2.20. The van der Waals surface area contributed by atoms with Crippen LogP contribution in [0, 0.1) is 13.8 Å². The van der Waals surface area contributed by atoms with Crippen molar-refractivity contribution < 1.29 is 38.6 Å². The van der Waals surface area contributed by atoms with Crippen LogP contribution in [0.15, 0.2) is 42.9 Å². The smallest absolute Gasteiger partial charge is 0.423 e. The van der Waals surface area contributed by atoms with Gasteiger partial charge in [-0.05, 0) is 49.9 Å². The first kappa shape index (κ1) is 31.3. The number of carbonyl (C=O) groups is 5. The highest BCUT2D eigenvalue weighted by atomic mass is 16.7. The van der Waals surface area contributed by atoms with Crippen LogP contribution in [0.3, 0.4) is 0 Å². The summed E-state index contributed by atoms with van der Waals surface area (Å²) in [7, 11) is 0. The zero-order valence-corrected chi connectivity index (χ0v) is 23.7. The first-order valence-electron chi connectivity index (χ1n) is 13.1. The summed E-state index contributed by atoms with van der Waals surface area (Å²) in [5.74, 6) is -3.05. The van der Waals surface area contributed by atoms with Crippen LogP contribution in [0.25, 0.3) is 5.52 Å². The zero-order chi connectivity index (χ0) is 30.8. The van der Waals surface area contributed by atoms with Gasteiger partial charge in [-0.25, -0.2) is 28.8 Å². The number of carbonyl (C=O) groups excluding carboxylic acids is 4. The van der Waals surface area contributed by atoms with E-state index in [1.807, 2.05) is 13.8 Å². The van der Waals surface area contributed by atoms with E-state index in [4.69, 9.17) is 14.6 Å². The number of benzene rings is 1. The van der Waals surface area contributed by atoms with Gasteiger partial charge in [0, 0.05) is 37.0 Å². The highest BCUT2D eigenvalue weighted by molar-refractivity contribution is 6.05. The molecule has 3 N–H and O–H groups in total. The number of aromatic nitrogens is 3. The Morgan fingerprint density at radius 3 is 2.36 bits per heavy atom. The van der Waals surface area contributed by atoms with E-state index in [1.54, 1.807) is 26.0 Å². The predicted molar refractivity (Wildman–Crippen MR) is 151 cm³/mol. The third-order valence-corrected chi connectivity index (χ3v) is 5.98. The van der Waals surface area contributed by atoms with Gasteiger partial charge in [-0.2, -0.15) is 5.10 Å². The molecule has 42 heavy (non-hydrogen) atoms. The number of anilines is 2. The van der Waals surface area contributed by atoms with Gasteiger partial charge in [-0.15, -0.1) is 0 Å². The fourth-order valence-electron chi connectivity index (χ4n) is 3.89. The van der Waals surface area contributed by atoms with Gasteiger partial charge in [0.15, 0.2) is 5.82 Å². The number of fused-ring (bicyclic) bond motifs is 1. The lowest BCUT2D eigenvalue weighted by Gasteiger charge is -2.24. The number of hydrogen-bond acceptors (Lipinski definition) is 9. The topological polar surface area (TPSA) is 182 Å². The molecule has 0 bridgehead atoms. The highest BCUT2D eigenvalue weighted by Gasteiger charge is 2.29. The van der Waals surface area contributed by atoms with Crippen LogP contribution in [-0.2, 0) is 19.1 Å². The lowest BCUT2D eigenvalue weighted by atomic mass is 10.1. The predicted octanol–water partition coefficient (Wildman–Crippen LogP) is 3.04. The number of nitrogens with zero attached hydrogens (tertiary/aromatic N) is 4. The highest BCUT2D eigenvalue weighted by Crippen LogP contribution is 2.34. The summed E-state index contributed by atoms with van der Waals surface area (Å²) in [6.45, 7) is 7.31. The second-order valence-corrected chi connectivity index (χ2v) is 9.06. The average Bonchev–Trinajstić information content (AvgIpc) is 3.31. The second kappa shape index (κ2) is 14.4. The normalized spacial score (nSPS) is 10.9. The van der Waals surface area contributed by atoms with Gasteiger partial charge in [0.2, 0.25) is 6.79 Å². The SMILES string of the molecule is CCCNC(=O)c1ccc(C)c(N(C(=O)OCOC(=O)/C=C/C(=O)O)c2ncnn3cc(C(=O)NCCC)c(C)c23)c1. The number of aliphatic carboxylic acids is 1.